The number of anilines is 1. The van der Waals surface area contributed by atoms with E-state index in [4.69, 9.17) is 5.11 Å². The minimum Gasteiger partial charge on any atom is -0.396 e. The highest BCUT2D eigenvalue weighted by molar-refractivity contribution is 7.16. The Balaban J connectivity index is 2.17. The third-order valence-corrected chi connectivity index (χ3v) is 3.01. The molecule has 0 aromatic carbocycles. The van der Waals surface area contributed by atoms with E-state index in [-0.39, 0.29) is 12.5 Å². The van der Waals surface area contributed by atoms with E-state index in [1.54, 1.807) is 17.7 Å². The molecular formula is C10H13N3OS. The maximum atomic E-state index is 8.92. The maximum absolute atomic E-state index is 8.92. The molecule has 5 heteroatoms. The number of nitrogens with zero attached hydrogens (tertiary/aromatic N) is 2. The molecule has 1 atom stereocenters. The number of rotatable bonds is 4. The van der Waals surface area contributed by atoms with Crippen LogP contribution in [0.3, 0.4) is 0 Å². The molecule has 15 heavy (non-hydrogen) atoms. The van der Waals surface area contributed by atoms with Gasteiger partial charge in [0.25, 0.3) is 0 Å². The second kappa shape index (κ2) is 4.55. The fourth-order valence-electron chi connectivity index (χ4n) is 1.27. The molecule has 0 aliphatic heterocycles. The first-order chi connectivity index (χ1) is 7.31. The summed E-state index contributed by atoms with van der Waals surface area (Å²) in [4.78, 5) is 9.35. The predicted molar refractivity (Wildman–Crippen MR) is 62.2 cm³/mol. The summed E-state index contributed by atoms with van der Waals surface area (Å²) in [6.45, 7) is 2.89. The molecular weight excluding hydrogens is 210 g/mol. The number of aliphatic hydroxyl groups excluding tert-OH is 1. The van der Waals surface area contributed by atoms with E-state index in [1.807, 2.05) is 18.4 Å². The summed E-state index contributed by atoms with van der Waals surface area (Å²) >= 11 is 1.60. The number of hydrogen-bond acceptors (Lipinski definition) is 5. The molecule has 4 nitrogen and oxygen atoms in total. The molecule has 2 rings (SSSR count). The summed E-state index contributed by atoms with van der Waals surface area (Å²) in [7, 11) is 0. The van der Waals surface area contributed by atoms with E-state index in [0.29, 0.717) is 0 Å². The Morgan fingerprint density at radius 1 is 1.53 bits per heavy atom. The van der Waals surface area contributed by atoms with Gasteiger partial charge in [-0.15, -0.1) is 11.3 Å². The lowest BCUT2D eigenvalue weighted by Crippen LogP contribution is -2.15. The minimum absolute atomic E-state index is 0.185. The fourth-order valence-corrected chi connectivity index (χ4v) is 2.00. The highest BCUT2D eigenvalue weighted by Gasteiger charge is 2.05. The zero-order chi connectivity index (χ0) is 10.7. The van der Waals surface area contributed by atoms with Crippen molar-refractivity contribution in [3.8, 4) is 0 Å². The number of aromatic nitrogens is 2. The molecule has 1 unspecified atom stereocenters. The second-order valence-corrected chi connectivity index (χ2v) is 4.42. The van der Waals surface area contributed by atoms with Crippen LogP contribution in [0.15, 0.2) is 17.8 Å². The smallest absolute Gasteiger partial charge is 0.138 e. The van der Waals surface area contributed by atoms with E-state index in [9.17, 15) is 0 Å². The fraction of sp³-hybridized carbons (Fsp3) is 0.400. The Labute approximate surface area is 92.0 Å². The summed E-state index contributed by atoms with van der Waals surface area (Å²) < 4.78 is 0. The monoisotopic (exact) mass is 223 g/mol. The number of hydrogen-bond donors (Lipinski definition) is 2. The second-order valence-electron chi connectivity index (χ2n) is 3.53. The lowest BCUT2D eigenvalue weighted by Gasteiger charge is -2.10. The van der Waals surface area contributed by atoms with Crippen LogP contribution in [0.5, 0.6) is 0 Å². The van der Waals surface area contributed by atoms with Gasteiger partial charge < -0.3 is 10.4 Å². The Bertz CT molecular complexity index is 443. The van der Waals surface area contributed by atoms with Crippen LogP contribution in [0, 0.1) is 5.92 Å². The van der Waals surface area contributed by atoms with Gasteiger partial charge in [-0.05, 0) is 17.4 Å². The topological polar surface area (TPSA) is 58.0 Å². The van der Waals surface area contributed by atoms with Gasteiger partial charge in [-0.3, -0.25) is 0 Å². The standard InChI is InChI=1S/C10H13N3OS/c1-7(5-14)4-11-9-8-2-3-15-10(8)13-6-12-9/h2-3,6-7,14H,4-5H2,1H3,(H,11,12,13). The average molecular weight is 223 g/mol. The van der Waals surface area contributed by atoms with Crippen molar-refractivity contribution >= 4 is 27.4 Å². The molecule has 2 aromatic heterocycles. The van der Waals surface area contributed by atoms with Crippen LogP contribution in [0.25, 0.3) is 10.2 Å². The van der Waals surface area contributed by atoms with Crippen LogP contribution in [-0.4, -0.2) is 28.2 Å². The van der Waals surface area contributed by atoms with Crippen molar-refractivity contribution < 1.29 is 5.11 Å². The molecule has 0 radical (unpaired) electrons. The summed E-state index contributed by atoms with van der Waals surface area (Å²) in [5.74, 6) is 1.08. The summed E-state index contributed by atoms with van der Waals surface area (Å²) in [6, 6.07) is 2.01. The molecule has 80 valence electrons. The molecule has 2 N–H and O–H groups in total. The minimum atomic E-state index is 0.185. The zero-order valence-corrected chi connectivity index (χ0v) is 9.29. The molecule has 0 spiro atoms. The largest absolute Gasteiger partial charge is 0.396 e. The third kappa shape index (κ3) is 2.24. The van der Waals surface area contributed by atoms with Crippen LogP contribution >= 0.6 is 11.3 Å². The number of aliphatic hydroxyl groups is 1. The zero-order valence-electron chi connectivity index (χ0n) is 8.47. The van der Waals surface area contributed by atoms with E-state index in [2.05, 4.69) is 15.3 Å². The number of fused-ring (bicyclic) bond motifs is 1. The van der Waals surface area contributed by atoms with Gasteiger partial charge >= 0.3 is 0 Å². The summed E-state index contributed by atoms with van der Waals surface area (Å²) in [5, 5.41) is 15.2. The third-order valence-electron chi connectivity index (χ3n) is 2.19. The lowest BCUT2D eigenvalue weighted by molar-refractivity contribution is 0.244. The quantitative estimate of drug-likeness (QED) is 0.828. The molecule has 0 amide bonds. The van der Waals surface area contributed by atoms with Crippen LogP contribution in [0.4, 0.5) is 5.82 Å². The summed E-state index contributed by atoms with van der Waals surface area (Å²) in [6.07, 6.45) is 1.56. The van der Waals surface area contributed by atoms with Crippen molar-refractivity contribution in [3.05, 3.63) is 17.8 Å². The predicted octanol–water partition coefficient (Wildman–Crippen LogP) is 1.73. The Kier molecular flexibility index (Phi) is 3.13. The molecule has 0 aliphatic carbocycles. The van der Waals surface area contributed by atoms with Crippen LogP contribution < -0.4 is 5.32 Å². The van der Waals surface area contributed by atoms with Crippen molar-refractivity contribution in [2.75, 3.05) is 18.5 Å². The van der Waals surface area contributed by atoms with E-state index >= 15 is 0 Å². The van der Waals surface area contributed by atoms with Crippen molar-refractivity contribution in [2.24, 2.45) is 5.92 Å². The number of nitrogens with one attached hydrogen (secondary N) is 1. The SMILES string of the molecule is CC(CO)CNc1ncnc2sccc12. The van der Waals surface area contributed by atoms with Crippen molar-refractivity contribution in [3.63, 3.8) is 0 Å². The Morgan fingerprint density at radius 2 is 2.40 bits per heavy atom. The Hall–Kier alpha value is -1.20. The van der Waals surface area contributed by atoms with Gasteiger partial charge in [0, 0.05) is 13.2 Å². The van der Waals surface area contributed by atoms with Crippen LogP contribution in [-0.2, 0) is 0 Å². The van der Waals surface area contributed by atoms with Crippen LogP contribution in [0.2, 0.25) is 0 Å². The first-order valence-corrected chi connectivity index (χ1v) is 5.72. The molecule has 0 fully saturated rings. The molecule has 0 saturated carbocycles. The molecule has 2 heterocycles. The van der Waals surface area contributed by atoms with Gasteiger partial charge in [0.2, 0.25) is 0 Å². The van der Waals surface area contributed by atoms with Gasteiger partial charge in [0.05, 0.1) is 5.39 Å². The van der Waals surface area contributed by atoms with Gasteiger partial charge in [-0.25, -0.2) is 9.97 Å². The highest BCUT2D eigenvalue weighted by Crippen LogP contribution is 2.23. The number of thiophene rings is 1. The normalized spacial score (nSPS) is 12.9. The van der Waals surface area contributed by atoms with E-state index < -0.39 is 0 Å². The van der Waals surface area contributed by atoms with E-state index in [0.717, 1.165) is 22.6 Å². The molecule has 0 saturated heterocycles. The molecule has 0 aliphatic rings. The van der Waals surface area contributed by atoms with Gasteiger partial charge in [0.1, 0.15) is 17.0 Å². The van der Waals surface area contributed by atoms with Gasteiger partial charge in [-0.1, -0.05) is 6.92 Å². The average Bonchev–Trinajstić information content (AvgIpc) is 2.74. The maximum Gasteiger partial charge on any atom is 0.138 e. The van der Waals surface area contributed by atoms with Crippen molar-refractivity contribution in [2.45, 2.75) is 6.92 Å². The molecule has 0 bridgehead atoms. The van der Waals surface area contributed by atoms with Crippen molar-refractivity contribution in [1.82, 2.24) is 9.97 Å². The van der Waals surface area contributed by atoms with Gasteiger partial charge in [-0.2, -0.15) is 0 Å². The van der Waals surface area contributed by atoms with Crippen molar-refractivity contribution in [1.29, 1.82) is 0 Å². The van der Waals surface area contributed by atoms with Gasteiger partial charge in [0.15, 0.2) is 0 Å². The summed E-state index contributed by atoms with van der Waals surface area (Å²) in [5.41, 5.74) is 0. The molecule has 2 aromatic rings. The highest BCUT2D eigenvalue weighted by atomic mass is 32.1. The first kappa shape index (κ1) is 10.3. The Morgan fingerprint density at radius 3 is 3.20 bits per heavy atom. The van der Waals surface area contributed by atoms with Crippen LogP contribution in [0.1, 0.15) is 6.92 Å². The first-order valence-electron chi connectivity index (χ1n) is 4.84. The lowest BCUT2D eigenvalue weighted by atomic mass is 10.2. The van der Waals surface area contributed by atoms with E-state index in [1.165, 1.54) is 0 Å².